The van der Waals surface area contributed by atoms with E-state index in [0.717, 1.165) is 0 Å². The minimum absolute atomic E-state index is 0.151. The summed E-state index contributed by atoms with van der Waals surface area (Å²) in [7, 11) is 0. The number of thiocarbonyl (C=S) groups is 1. The van der Waals surface area contributed by atoms with Gasteiger partial charge in [0.25, 0.3) is 0 Å². The molecule has 0 aromatic heterocycles. The Balaban J connectivity index is 2.96. The number of carbonyl (C=O) groups is 3. The molecule has 1 saturated heterocycles. The van der Waals surface area contributed by atoms with Gasteiger partial charge in [0.05, 0.1) is 5.16 Å². The topological polar surface area (TPSA) is 100 Å². The van der Waals surface area contributed by atoms with E-state index in [1.807, 2.05) is 0 Å². The summed E-state index contributed by atoms with van der Waals surface area (Å²) in [5, 5.41) is 2.18. The summed E-state index contributed by atoms with van der Waals surface area (Å²) in [6.07, 6.45) is -3.10. The monoisotopic (exact) mass is 331 g/mol. The third-order valence-corrected chi connectivity index (χ3v) is 2.87. The smallest absolute Gasteiger partial charge is 0.303 e. The van der Waals surface area contributed by atoms with Gasteiger partial charge in [-0.3, -0.25) is 14.4 Å². The summed E-state index contributed by atoms with van der Waals surface area (Å²) in [4.78, 5) is 37.2. The molecule has 1 aliphatic heterocycles. The quantitative estimate of drug-likeness (QED) is 0.313. The molecule has 1 aliphatic rings. The standard InChI is InChI=1S/C13H17NO7S/c1-7(15)18-5-11-13(20-9(3)17)10(19-8(2)16)4-12(21-11)14-6-22/h10-13H,4-5H2,1-3H3/t10-,11-,12?,13+/m1/s1. The van der Waals surface area contributed by atoms with Crippen LogP contribution in [-0.4, -0.2) is 54.2 Å². The summed E-state index contributed by atoms with van der Waals surface area (Å²) in [5.41, 5.74) is 0. The second-order valence-corrected chi connectivity index (χ2v) is 4.79. The average Bonchev–Trinajstić information content (AvgIpc) is 2.38. The van der Waals surface area contributed by atoms with Gasteiger partial charge in [-0.2, -0.15) is 0 Å². The van der Waals surface area contributed by atoms with Crippen LogP contribution in [0.15, 0.2) is 4.99 Å². The molecule has 8 nitrogen and oxygen atoms in total. The lowest BCUT2D eigenvalue weighted by molar-refractivity contribution is -0.213. The van der Waals surface area contributed by atoms with E-state index in [2.05, 4.69) is 22.4 Å². The molecule has 0 aliphatic carbocycles. The molecule has 0 bridgehead atoms. The van der Waals surface area contributed by atoms with Crippen molar-refractivity contribution in [1.82, 2.24) is 0 Å². The maximum atomic E-state index is 11.3. The minimum Gasteiger partial charge on any atom is -0.463 e. The molecule has 122 valence electrons. The Morgan fingerprint density at radius 1 is 1.18 bits per heavy atom. The normalized spacial score (nSPS) is 27.2. The second kappa shape index (κ2) is 8.57. The van der Waals surface area contributed by atoms with Gasteiger partial charge in [0.1, 0.15) is 18.8 Å². The first-order chi connectivity index (χ1) is 10.3. The van der Waals surface area contributed by atoms with E-state index < -0.39 is 42.4 Å². The Kier molecular flexibility index (Phi) is 7.10. The predicted octanol–water partition coefficient (Wildman–Crippen LogP) is 0.631. The van der Waals surface area contributed by atoms with Crippen LogP contribution in [-0.2, 0) is 33.3 Å². The number of hydrogen-bond donors (Lipinski definition) is 0. The number of ether oxygens (including phenoxy) is 4. The molecule has 0 N–H and O–H groups in total. The van der Waals surface area contributed by atoms with E-state index >= 15 is 0 Å². The van der Waals surface area contributed by atoms with E-state index in [1.54, 1.807) is 0 Å². The van der Waals surface area contributed by atoms with Crippen LogP contribution in [0.3, 0.4) is 0 Å². The zero-order chi connectivity index (χ0) is 16.7. The van der Waals surface area contributed by atoms with Crippen LogP contribution in [0.1, 0.15) is 27.2 Å². The molecule has 9 heteroatoms. The van der Waals surface area contributed by atoms with Crippen LogP contribution in [0.25, 0.3) is 0 Å². The molecule has 0 radical (unpaired) electrons. The SMILES string of the molecule is CC(=O)OC[C@H]1OC(N=C=S)C[C@@H](OC(C)=O)[C@@H]1OC(C)=O. The summed E-state index contributed by atoms with van der Waals surface area (Å²) >= 11 is 4.53. The van der Waals surface area contributed by atoms with E-state index in [1.165, 1.54) is 20.8 Å². The lowest BCUT2D eigenvalue weighted by Gasteiger charge is -2.38. The molecule has 1 unspecified atom stereocenters. The van der Waals surface area contributed by atoms with E-state index in [9.17, 15) is 14.4 Å². The molecule has 22 heavy (non-hydrogen) atoms. The molecule has 4 atom stereocenters. The average molecular weight is 331 g/mol. The number of aliphatic imine (C=N–C) groups is 1. The molecule has 1 heterocycles. The Morgan fingerprint density at radius 2 is 1.82 bits per heavy atom. The Morgan fingerprint density at radius 3 is 2.32 bits per heavy atom. The van der Waals surface area contributed by atoms with Crippen molar-refractivity contribution in [3.63, 3.8) is 0 Å². The van der Waals surface area contributed by atoms with Crippen molar-refractivity contribution in [2.45, 2.75) is 51.7 Å². The van der Waals surface area contributed by atoms with Gasteiger partial charge in [-0.15, -0.1) is 0 Å². The number of esters is 3. The van der Waals surface area contributed by atoms with Crippen LogP contribution in [0.2, 0.25) is 0 Å². The molecular formula is C13H17NO7S. The van der Waals surface area contributed by atoms with Crippen LogP contribution in [0.5, 0.6) is 0 Å². The molecular weight excluding hydrogens is 314 g/mol. The molecule has 0 aromatic rings. The fraction of sp³-hybridized carbons (Fsp3) is 0.692. The van der Waals surface area contributed by atoms with Crippen molar-refractivity contribution in [1.29, 1.82) is 0 Å². The van der Waals surface area contributed by atoms with Gasteiger partial charge < -0.3 is 18.9 Å². The number of hydrogen-bond acceptors (Lipinski definition) is 9. The Labute approximate surface area is 132 Å². The maximum absolute atomic E-state index is 11.3. The molecule has 1 fully saturated rings. The summed E-state index contributed by atoms with van der Waals surface area (Å²) < 4.78 is 20.8. The largest absolute Gasteiger partial charge is 0.463 e. The number of isothiocyanates is 1. The van der Waals surface area contributed by atoms with Gasteiger partial charge in [0.2, 0.25) is 0 Å². The molecule has 0 spiro atoms. The lowest BCUT2D eigenvalue weighted by atomic mass is 10.0. The summed E-state index contributed by atoms with van der Waals surface area (Å²) in [5.74, 6) is -1.63. The molecule has 1 rings (SSSR count). The highest BCUT2D eigenvalue weighted by atomic mass is 32.1. The fourth-order valence-corrected chi connectivity index (χ4v) is 2.17. The highest BCUT2D eigenvalue weighted by Gasteiger charge is 2.43. The van der Waals surface area contributed by atoms with Crippen molar-refractivity contribution in [3.05, 3.63) is 0 Å². The molecule has 0 saturated carbocycles. The summed E-state index contributed by atoms with van der Waals surface area (Å²) in [6, 6.07) is 0. The third kappa shape index (κ3) is 5.88. The van der Waals surface area contributed by atoms with Gasteiger partial charge in [-0.25, -0.2) is 4.99 Å². The van der Waals surface area contributed by atoms with E-state index in [0.29, 0.717) is 0 Å². The predicted molar refractivity (Wildman–Crippen MR) is 76.0 cm³/mol. The third-order valence-electron chi connectivity index (χ3n) is 2.77. The van der Waals surface area contributed by atoms with Crippen LogP contribution >= 0.6 is 12.2 Å². The highest BCUT2D eigenvalue weighted by Crippen LogP contribution is 2.26. The van der Waals surface area contributed by atoms with Crippen LogP contribution in [0, 0.1) is 0 Å². The second-order valence-electron chi connectivity index (χ2n) is 4.61. The zero-order valence-corrected chi connectivity index (χ0v) is 13.3. The van der Waals surface area contributed by atoms with Gasteiger partial charge >= 0.3 is 17.9 Å². The molecule has 0 aromatic carbocycles. The van der Waals surface area contributed by atoms with Gasteiger partial charge in [-0.05, 0) is 12.2 Å². The first kappa shape index (κ1) is 18.2. The number of rotatable bonds is 5. The Hall–Kier alpha value is -1.83. The number of nitrogens with zero attached hydrogens (tertiary/aromatic N) is 1. The van der Waals surface area contributed by atoms with Gasteiger partial charge in [-0.1, -0.05) is 0 Å². The van der Waals surface area contributed by atoms with Gasteiger partial charge in [0.15, 0.2) is 12.3 Å². The molecule has 0 amide bonds. The van der Waals surface area contributed by atoms with Crippen LogP contribution in [0.4, 0.5) is 0 Å². The number of carbonyl (C=O) groups excluding carboxylic acids is 3. The van der Waals surface area contributed by atoms with Crippen LogP contribution < -0.4 is 0 Å². The summed E-state index contributed by atoms with van der Waals surface area (Å²) in [6.45, 7) is 3.52. The van der Waals surface area contributed by atoms with Crippen molar-refractivity contribution in [3.8, 4) is 0 Å². The highest BCUT2D eigenvalue weighted by molar-refractivity contribution is 7.78. The Bertz CT molecular complexity index is 489. The lowest BCUT2D eigenvalue weighted by Crippen LogP contribution is -2.53. The van der Waals surface area contributed by atoms with Gasteiger partial charge in [0, 0.05) is 27.2 Å². The van der Waals surface area contributed by atoms with E-state index in [4.69, 9.17) is 18.9 Å². The first-order valence-electron chi connectivity index (χ1n) is 6.53. The van der Waals surface area contributed by atoms with E-state index in [-0.39, 0.29) is 13.0 Å². The maximum Gasteiger partial charge on any atom is 0.303 e. The van der Waals surface area contributed by atoms with Crippen molar-refractivity contribution in [2.24, 2.45) is 4.99 Å². The first-order valence-corrected chi connectivity index (χ1v) is 6.94. The minimum atomic E-state index is -0.905. The fourth-order valence-electron chi connectivity index (χ4n) is 2.05. The van der Waals surface area contributed by atoms with Crippen molar-refractivity contribution in [2.75, 3.05) is 6.61 Å². The zero-order valence-electron chi connectivity index (χ0n) is 12.4. The van der Waals surface area contributed by atoms with Crippen molar-refractivity contribution < 1.29 is 33.3 Å². The van der Waals surface area contributed by atoms with Crippen molar-refractivity contribution >= 4 is 35.3 Å².